The molecule has 3 nitrogen and oxygen atoms in total. The average molecular weight is 1070 g/mol. The Morgan fingerprint density at radius 2 is 0.690 bits per heavy atom. The highest BCUT2D eigenvalue weighted by Crippen LogP contribution is 2.62. The molecule has 1 spiro atoms. The Hall–Kier alpha value is -10.7. The molecule has 0 saturated carbocycles. The molecule has 2 heterocycles. The van der Waals surface area contributed by atoms with Crippen LogP contribution in [-0.2, 0) is 18.3 Å². The van der Waals surface area contributed by atoms with Crippen molar-refractivity contribution in [2.24, 2.45) is 0 Å². The standard InChI is InChI=1S/C81H55NO2/c1-2-22-54(23-3-1)56-27-20-28-57(50-56)55-44-47-63(48-45-55)82(74-38-14-9-30-64(74)59-46-49-71-69(53-59)66-32-8-11-35-70(66)81(71)72-36-12-18-42-78(72)84-79-43-19-13-37-73(79)81)75-39-15-10-33-67(75)68-34-21-29-62-52-61-26-6-17-41-77(61)83-76-40-16-5-25-60(76)51-58-24-4-7-31-65(58)80(62)68/h1-50,53H,51-52H2. The Kier molecular flexibility index (Phi) is 11.9. The van der Waals surface area contributed by atoms with Gasteiger partial charge in [0.2, 0.25) is 0 Å². The van der Waals surface area contributed by atoms with Gasteiger partial charge in [0.1, 0.15) is 23.0 Å². The van der Waals surface area contributed by atoms with Crippen molar-refractivity contribution in [3.05, 3.63) is 354 Å². The zero-order chi connectivity index (χ0) is 55.6. The van der Waals surface area contributed by atoms with Crippen LogP contribution in [0.2, 0.25) is 0 Å². The second kappa shape index (κ2) is 20.4. The highest BCUT2D eigenvalue weighted by Gasteiger charge is 2.51. The summed E-state index contributed by atoms with van der Waals surface area (Å²) >= 11 is 0. The van der Waals surface area contributed by atoms with Crippen molar-refractivity contribution in [1.29, 1.82) is 0 Å². The zero-order valence-electron chi connectivity index (χ0n) is 46.1. The summed E-state index contributed by atoms with van der Waals surface area (Å²) in [7, 11) is 0. The van der Waals surface area contributed by atoms with Gasteiger partial charge in [0, 0.05) is 40.8 Å². The largest absolute Gasteiger partial charge is 0.457 e. The van der Waals surface area contributed by atoms with E-state index in [4.69, 9.17) is 9.47 Å². The van der Waals surface area contributed by atoms with Gasteiger partial charge in [-0.1, -0.05) is 249 Å². The third-order valence-corrected chi connectivity index (χ3v) is 17.5. The van der Waals surface area contributed by atoms with Gasteiger partial charge in [-0.05, 0) is 150 Å². The molecule has 13 aromatic carbocycles. The van der Waals surface area contributed by atoms with E-state index in [1.54, 1.807) is 0 Å². The van der Waals surface area contributed by atoms with Crippen LogP contribution in [0.3, 0.4) is 0 Å². The van der Waals surface area contributed by atoms with Crippen molar-refractivity contribution >= 4 is 17.1 Å². The molecule has 3 heteroatoms. The molecule has 0 unspecified atom stereocenters. The Labute approximate surface area is 490 Å². The first-order valence-corrected chi connectivity index (χ1v) is 29.1. The van der Waals surface area contributed by atoms with Crippen molar-refractivity contribution in [1.82, 2.24) is 0 Å². The van der Waals surface area contributed by atoms with Crippen LogP contribution in [0.1, 0.15) is 44.5 Å². The van der Waals surface area contributed by atoms with Gasteiger partial charge in [0.15, 0.2) is 0 Å². The second-order valence-electron chi connectivity index (χ2n) is 22.2. The van der Waals surface area contributed by atoms with Crippen LogP contribution in [-0.4, -0.2) is 0 Å². The van der Waals surface area contributed by atoms with E-state index < -0.39 is 5.41 Å². The van der Waals surface area contributed by atoms with E-state index in [-0.39, 0.29) is 0 Å². The molecule has 84 heavy (non-hydrogen) atoms. The number of hydrogen-bond acceptors (Lipinski definition) is 3. The fraction of sp³-hybridized carbons (Fsp3) is 0.0370. The number of nitrogens with zero attached hydrogens (tertiary/aromatic N) is 1. The highest BCUT2D eigenvalue weighted by atomic mass is 16.5. The Balaban J connectivity index is 0.902. The first kappa shape index (κ1) is 49.1. The number of ether oxygens (including phenoxy) is 2. The smallest absolute Gasteiger partial charge is 0.132 e. The minimum absolute atomic E-state index is 0.566. The maximum absolute atomic E-state index is 6.86. The van der Waals surface area contributed by atoms with Gasteiger partial charge in [-0.25, -0.2) is 0 Å². The molecular formula is C81H55NO2. The lowest BCUT2D eigenvalue weighted by atomic mass is 9.66. The molecule has 2 aliphatic heterocycles. The fourth-order valence-corrected chi connectivity index (χ4v) is 13.8. The van der Waals surface area contributed by atoms with Crippen LogP contribution in [0, 0.1) is 0 Å². The molecule has 396 valence electrons. The van der Waals surface area contributed by atoms with E-state index >= 15 is 0 Å². The monoisotopic (exact) mass is 1070 g/mol. The number of anilines is 3. The molecule has 3 aliphatic rings. The van der Waals surface area contributed by atoms with E-state index in [2.05, 4.69) is 314 Å². The predicted molar refractivity (Wildman–Crippen MR) is 344 cm³/mol. The third-order valence-electron chi connectivity index (χ3n) is 17.5. The molecule has 0 amide bonds. The summed E-state index contributed by atoms with van der Waals surface area (Å²) in [6, 6.07) is 113. The second-order valence-corrected chi connectivity index (χ2v) is 22.2. The van der Waals surface area contributed by atoms with Gasteiger partial charge < -0.3 is 14.4 Å². The maximum Gasteiger partial charge on any atom is 0.132 e. The van der Waals surface area contributed by atoms with Gasteiger partial charge >= 0.3 is 0 Å². The van der Waals surface area contributed by atoms with Gasteiger partial charge in [0.25, 0.3) is 0 Å². The van der Waals surface area contributed by atoms with Crippen LogP contribution >= 0.6 is 0 Å². The molecule has 13 aromatic rings. The quantitative estimate of drug-likeness (QED) is 0.159. The van der Waals surface area contributed by atoms with Crippen molar-refractivity contribution in [3.63, 3.8) is 0 Å². The number of para-hydroxylation sites is 6. The number of hydrogen-bond donors (Lipinski definition) is 0. The number of benzene rings is 13. The van der Waals surface area contributed by atoms with Crippen molar-refractivity contribution < 1.29 is 9.47 Å². The van der Waals surface area contributed by atoms with Crippen molar-refractivity contribution in [2.75, 3.05) is 4.90 Å². The first-order chi connectivity index (χ1) is 41.7. The summed E-state index contributed by atoms with van der Waals surface area (Å²) in [6.07, 6.45) is 1.40. The SMILES string of the molecule is c1ccc(-c2cccc(-c3ccc(N(c4ccccc4-c4ccc5c(c4)-c4ccccc4C54c5ccccc5Oc5ccccc54)c4ccccc4-c4cccc5c4-c4ccccc4Cc4ccccc4Oc4ccccc4C5)cc3)c2)cc1. The molecule has 0 bridgehead atoms. The summed E-state index contributed by atoms with van der Waals surface area (Å²) in [5.41, 5.74) is 26.3. The molecule has 0 atom stereocenters. The van der Waals surface area contributed by atoms with Crippen LogP contribution in [0.15, 0.2) is 309 Å². The molecule has 0 saturated heterocycles. The molecule has 1 aliphatic carbocycles. The maximum atomic E-state index is 6.86. The lowest BCUT2D eigenvalue weighted by Crippen LogP contribution is -2.32. The molecule has 16 rings (SSSR count). The van der Waals surface area contributed by atoms with Crippen LogP contribution in [0.5, 0.6) is 23.0 Å². The minimum Gasteiger partial charge on any atom is -0.457 e. The topological polar surface area (TPSA) is 21.7 Å². The van der Waals surface area contributed by atoms with Gasteiger partial charge in [-0.2, -0.15) is 0 Å². The van der Waals surface area contributed by atoms with E-state index in [1.165, 1.54) is 61.2 Å². The van der Waals surface area contributed by atoms with E-state index in [0.717, 1.165) is 90.1 Å². The lowest BCUT2D eigenvalue weighted by Gasteiger charge is -2.39. The Morgan fingerprint density at radius 1 is 0.250 bits per heavy atom. The van der Waals surface area contributed by atoms with E-state index in [9.17, 15) is 0 Å². The van der Waals surface area contributed by atoms with E-state index in [1.807, 2.05) is 0 Å². The molecule has 0 radical (unpaired) electrons. The normalized spacial score (nSPS) is 13.0. The van der Waals surface area contributed by atoms with Gasteiger partial charge in [-0.3, -0.25) is 0 Å². The summed E-state index contributed by atoms with van der Waals surface area (Å²) in [6.45, 7) is 0. The van der Waals surface area contributed by atoms with Crippen LogP contribution in [0.4, 0.5) is 17.1 Å². The van der Waals surface area contributed by atoms with Crippen LogP contribution < -0.4 is 14.4 Å². The highest BCUT2D eigenvalue weighted by molar-refractivity contribution is 5.99. The minimum atomic E-state index is -0.566. The summed E-state index contributed by atoms with van der Waals surface area (Å²) in [5, 5.41) is 0. The summed E-state index contributed by atoms with van der Waals surface area (Å²) in [4.78, 5) is 2.50. The van der Waals surface area contributed by atoms with Gasteiger partial charge in [0.05, 0.1) is 16.8 Å². The number of rotatable bonds is 7. The molecule has 0 aromatic heterocycles. The summed E-state index contributed by atoms with van der Waals surface area (Å²) in [5.74, 6) is 3.53. The zero-order valence-corrected chi connectivity index (χ0v) is 46.1. The molecule has 0 fully saturated rings. The molecular weight excluding hydrogens is 1020 g/mol. The van der Waals surface area contributed by atoms with Crippen LogP contribution in [0.25, 0.3) is 66.8 Å². The van der Waals surface area contributed by atoms with Crippen molar-refractivity contribution in [3.8, 4) is 89.8 Å². The third kappa shape index (κ3) is 8.11. The van der Waals surface area contributed by atoms with Gasteiger partial charge in [-0.15, -0.1) is 0 Å². The number of fused-ring (bicyclic) bond motifs is 14. The summed E-state index contributed by atoms with van der Waals surface area (Å²) < 4.78 is 13.6. The Bertz CT molecular complexity index is 4640. The predicted octanol–water partition coefficient (Wildman–Crippen LogP) is 21.2. The average Bonchev–Trinajstić information content (AvgIpc) is 1.70. The van der Waals surface area contributed by atoms with E-state index in [0.29, 0.717) is 12.8 Å². The fourth-order valence-electron chi connectivity index (χ4n) is 13.8. The first-order valence-electron chi connectivity index (χ1n) is 29.1. The lowest BCUT2D eigenvalue weighted by molar-refractivity contribution is 0.436. The van der Waals surface area contributed by atoms with Crippen molar-refractivity contribution in [2.45, 2.75) is 18.3 Å². The Morgan fingerprint density at radius 3 is 1.38 bits per heavy atom. The molecule has 0 N–H and O–H groups in total.